The minimum absolute atomic E-state index is 0.0401. The van der Waals surface area contributed by atoms with Crippen LogP contribution >= 0.6 is 11.3 Å². The molecule has 0 spiro atoms. The average molecular weight is 411 g/mol. The van der Waals surface area contributed by atoms with Gasteiger partial charge in [0, 0.05) is 39.4 Å². The first-order chi connectivity index (χ1) is 12.6. The zero-order valence-electron chi connectivity index (χ0n) is 15.4. The van der Waals surface area contributed by atoms with Gasteiger partial charge in [0.15, 0.2) is 15.0 Å². The Hall–Kier alpha value is -2.20. The number of hydrogen-bond acceptors (Lipinski definition) is 6. The number of carbonyl (C=O) groups is 2. The van der Waals surface area contributed by atoms with Crippen LogP contribution in [0.5, 0.6) is 0 Å². The number of anilines is 1. The fourth-order valence-electron chi connectivity index (χ4n) is 3.01. The van der Waals surface area contributed by atoms with Crippen LogP contribution in [0.15, 0.2) is 23.1 Å². The normalized spacial score (nSPS) is 15.7. The molecule has 0 saturated carbocycles. The molecule has 1 aromatic heterocycles. The number of piperidine rings is 1. The van der Waals surface area contributed by atoms with Crippen LogP contribution in [0.25, 0.3) is 10.2 Å². The summed E-state index contributed by atoms with van der Waals surface area (Å²) in [5.41, 5.74) is 0.647. The Balaban J connectivity index is 1.65. The van der Waals surface area contributed by atoms with Crippen LogP contribution in [-0.2, 0) is 14.6 Å². The van der Waals surface area contributed by atoms with Crippen LogP contribution in [0.1, 0.15) is 12.8 Å². The van der Waals surface area contributed by atoms with Crippen molar-refractivity contribution < 1.29 is 18.0 Å². The number of thiazole rings is 1. The molecule has 2 heterocycles. The number of sulfone groups is 1. The number of fused-ring (bicyclic) bond motifs is 1. The second kappa shape index (κ2) is 7.43. The Labute approximate surface area is 162 Å². The van der Waals surface area contributed by atoms with Crippen LogP contribution in [0.3, 0.4) is 0 Å². The lowest BCUT2D eigenvalue weighted by atomic mass is 9.96. The molecule has 0 bridgehead atoms. The maximum atomic E-state index is 12.5. The molecule has 0 aliphatic carbocycles. The lowest BCUT2D eigenvalue weighted by molar-refractivity contribution is -0.121. The van der Waals surface area contributed by atoms with Crippen molar-refractivity contribution in [2.45, 2.75) is 17.7 Å². The van der Waals surface area contributed by atoms with Gasteiger partial charge in [-0.05, 0) is 31.0 Å². The zero-order valence-corrected chi connectivity index (χ0v) is 17.1. The summed E-state index contributed by atoms with van der Waals surface area (Å²) in [7, 11) is 0.136. The lowest BCUT2D eigenvalue weighted by Crippen LogP contribution is -2.45. The molecule has 10 heteroatoms. The summed E-state index contributed by atoms with van der Waals surface area (Å²) in [6, 6.07) is 4.69. The highest BCUT2D eigenvalue weighted by Crippen LogP contribution is 2.29. The van der Waals surface area contributed by atoms with Gasteiger partial charge in [-0.15, -0.1) is 0 Å². The summed E-state index contributed by atoms with van der Waals surface area (Å²) in [6.07, 6.45) is 2.37. The van der Waals surface area contributed by atoms with Crippen molar-refractivity contribution >= 4 is 48.5 Å². The summed E-state index contributed by atoms with van der Waals surface area (Å²) in [6.45, 7) is 1.10. The van der Waals surface area contributed by atoms with E-state index in [1.807, 2.05) is 0 Å². The Morgan fingerprint density at radius 1 is 1.26 bits per heavy atom. The van der Waals surface area contributed by atoms with Gasteiger partial charge in [0.1, 0.15) is 0 Å². The number of benzene rings is 1. The van der Waals surface area contributed by atoms with Crippen LogP contribution in [0, 0.1) is 5.92 Å². The minimum Gasteiger partial charge on any atom is -0.331 e. The highest BCUT2D eigenvalue weighted by molar-refractivity contribution is 7.90. The van der Waals surface area contributed by atoms with Crippen molar-refractivity contribution in [3.05, 3.63) is 18.2 Å². The summed E-state index contributed by atoms with van der Waals surface area (Å²) >= 11 is 1.25. The molecule has 0 unspecified atom stereocenters. The van der Waals surface area contributed by atoms with E-state index in [1.54, 1.807) is 31.1 Å². The monoisotopic (exact) mass is 410 g/mol. The summed E-state index contributed by atoms with van der Waals surface area (Å²) in [4.78, 5) is 32.4. The number of rotatable bonds is 3. The molecule has 3 rings (SSSR count). The van der Waals surface area contributed by atoms with Crippen LogP contribution in [0.4, 0.5) is 9.93 Å². The maximum Gasteiger partial charge on any atom is 0.319 e. The first-order valence-electron chi connectivity index (χ1n) is 8.53. The van der Waals surface area contributed by atoms with Crippen LogP contribution < -0.4 is 5.32 Å². The number of aromatic nitrogens is 1. The van der Waals surface area contributed by atoms with E-state index in [2.05, 4.69) is 10.3 Å². The van der Waals surface area contributed by atoms with Gasteiger partial charge in [-0.3, -0.25) is 4.79 Å². The van der Waals surface area contributed by atoms with Gasteiger partial charge in [-0.25, -0.2) is 18.2 Å². The molecule has 3 amide bonds. The van der Waals surface area contributed by atoms with Crippen molar-refractivity contribution in [3.63, 3.8) is 0 Å². The van der Waals surface area contributed by atoms with Gasteiger partial charge < -0.3 is 15.1 Å². The standard InChI is InChI=1S/C17H22N4O4S2/c1-20(2)17(23)21-8-6-11(7-9-21)15(22)19-16-18-13-5-4-12(27(3,24)25)10-14(13)26-16/h4-5,10-11H,6-9H2,1-3H3,(H,18,19,22). The predicted octanol–water partition coefficient (Wildman–Crippen LogP) is 2.03. The van der Waals surface area contributed by atoms with Crippen molar-refractivity contribution in [1.82, 2.24) is 14.8 Å². The number of carbonyl (C=O) groups excluding carboxylic acids is 2. The third-order valence-corrected chi connectivity index (χ3v) is 6.58. The van der Waals surface area contributed by atoms with Crippen molar-refractivity contribution in [1.29, 1.82) is 0 Å². The van der Waals surface area contributed by atoms with Gasteiger partial charge in [0.2, 0.25) is 5.91 Å². The molecule has 1 aliphatic heterocycles. The number of amides is 3. The first-order valence-corrected chi connectivity index (χ1v) is 11.2. The average Bonchev–Trinajstić information content (AvgIpc) is 3.01. The summed E-state index contributed by atoms with van der Waals surface area (Å²) in [5.74, 6) is -0.288. The molecule has 2 aromatic rings. The number of likely N-dealkylation sites (tertiary alicyclic amines) is 1. The van der Waals surface area contributed by atoms with Gasteiger partial charge in [-0.1, -0.05) is 11.3 Å². The van der Waals surface area contributed by atoms with E-state index in [4.69, 9.17) is 0 Å². The Bertz CT molecular complexity index is 976. The smallest absolute Gasteiger partial charge is 0.319 e. The molecule has 1 aromatic carbocycles. The lowest BCUT2D eigenvalue weighted by Gasteiger charge is -2.32. The highest BCUT2D eigenvalue weighted by atomic mass is 32.2. The number of hydrogen-bond donors (Lipinski definition) is 1. The third-order valence-electron chi connectivity index (χ3n) is 4.54. The fourth-order valence-corrected chi connectivity index (χ4v) is 4.64. The highest BCUT2D eigenvalue weighted by Gasteiger charge is 2.28. The second-order valence-corrected chi connectivity index (χ2v) is 9.89. The maximum absolute atomic E-state index is 12.5. The van der Waals surface area contributed by atoms with Crippen molar-refractivity contribution in [3.8, 4) is 0 Å². The van der Waals surface area contributed by atoms with Gasteiger partial charge in [-0.2, -0.15) is 0 Å². The van der Waals surface area contributed by atoms with Crippen molar-refractivity contribution in [2.75, 3.05) is 38.8 Å². The molecular formula is C17H22N4O4S2. The predicted molar refractivity (Wildman–Crippen MR) is 105 cm³/mol. The molecule has 1 aliphatic rings. The Kier molecular flexibility index (Phi) is 5.38. The molecule has 0 atom stereocenters. The second-order valence-electron chi connectivity index (χ2n) is 6.85. The Morgan fingerprint density at radius 3 is 2.52 bits per heavy atom. The van der Waals surface area contributed by atoms with Gasteiger partial charge in [0.05, 0.1) is 15.1 Å². The molecule has 1 saturated heterocycles. The van der Waals surface area contributed by atoms with E-state index >= 15 is 0 Å². The van der Waals surface area contributed by atoms with E-state index < -0.39 is 9.84 Å². The molecular weight excluding hydrogens is 388 g/mol. The Morgan fingerprint density at radius 2 is 1.93 bits per heavy atom. The SMILES string of the molecule is CN(C)C(=O)N1CCC(C(=O)Nc2nc3ccc(S(C)(=O)=O)cc3s2)CC1. The van der Waals surface area contributed by atoms with E-state index in [-0.39, 0.29) is 22.8 Å². The molecule has 8 nitrogen and oxygen atoms in total. The molecule has 27 heavy (non-hydrogen) atoms. The van der Waals surface area contributed by atoms with Crippen LogP contribution in [-0.4, -0.2) is 68.6 Å². The zero-order chi connectivity index (χ0) is 19.8. The van der Waals surface area contributed by atoms with E-state index in [0.717, 1.165) is 6.26 Å². The molecule has 146 valence electrons. The third kappa shape index (κ3) is 4.38. The largest absolute Gasteiger partial charge is 0.331 e. The molecule has 0 radical (unpaired) electrons. The molecule has 1 fully saturated rings. The first kappa shape index (κ1) is 19.6. The quantitative estimate of drug-likeness (QED) is 0.835. The van der Waals surface area contributed by atoms with Gasteiger partial charge in [0.25, 0.3) is 0 Å². The number of nitrogens with zero attached hydrogens (tertiary/aromatic N) is 3. The van der Waals surface area contributed by atoms with E-state index in [9.17, 15) is 18.0 Å². The minimum atomic E-state index is -3.29. The van der Waals surface area contributed by atoms with Crippen molar-refractivity contribution in [2.24, 2.45) is 5.92 Å². The van der Waals surface area contributed by atoms with E-state index in [1.165, 1.54) is 22.3 Å². The number of urea groups is 1. The summed E-state index contributed by atoms with van der Waals surface area (Å²) in [5, 5.41) is 3.28. The topological polar surface area (TPSA) is 99.7 Å². The fraction of sp³-hybridized carbons (Fsp3) is 0.471. The molecule has 1 N–H and O–H groups in total. The van der Waals surface area contributed by atoms with Crippen LogP contribution in [0.2, 0.25) is 0 Å². The number of nitrogens with one attached hydrogen (secondary N) is 1. The van der Waals surface area contributed by atoms with Gasteiger partial charge >= 0.3 is 6.03 Å². The van der Waals surface area contributed by atoms with E-state index in [0.29, 0.717) is 41.3 Å². The summed E-state index contributed by atoms with van der Waals surface area (Å²) < 4.78 is 24.0.